The van der Waals surface area contributed by atoms with Gasteiger partial charge in [0.25, 0.3) is 0 Å². The zero-order valence-electron chi connectivity index (χ0n) is 8.33. The molecule has 0 bridgehead atoms. The van der Waals surface area contributed by atoms with Gasteiger partial charge in [0, 0.05) is 18.8 Å². The van der Waals surface area contributed by atoms with Crippen molar-refractivity contribution in [2.24, 2.45) is 5.73 Å². The molecule has 0 amide bonds. The fraction of sp³-hybridized carbons (Fsp3) is 0.300. The highest BCUT2D eigenvalue weighted by molar-refractivity contribution is 5.42. The van der Waals surface area contributed by atoms with Gasteiger partial charge in [0.1, 0.15) is 5.65 Å². The molecule has 2 N–H and O–H groups in total. The van der Waals surface area contributed by atoms with E-state index in [4.69, 9.17) is 5.73 Å². The van der Waals surface area contributed by atoms with Gasteiger partial charge in [-0.25, -0.2) is 4.98 Å². The molecule has 2 aromatic rings. The molecule has 86 valence electrons. The number of rotatable bonds is 2. The standard InChI is InChI=1S/C10H10F3N3/c11-10(12,13)7-1-2-9-15-8(3-4-14)6-16(9)5-7/h1-2,5-6H,3-4,14H2. The van der Waals surface area contributed by atoms with Gasteiger partial charge < -0.3 is 10.1 Å². The van der Waals surface area contributed by atoms with Crippen LogP contribution in [0.1, 0.15) is 11.3 Å². The maximum atomic E-state index is 12.4. The van der Waals surface area contributed by atoms with E-state index in [0.29, 0.717) is 24.3 Å². The van der Waals surface area contributed by atoms with Crippen molar-refractivity contribution in [1.29, 1.82) is 0 Å². The summed E-state index contributed by atoms with van der Waals surface area (Å²) in [4.78, 5) is 4.14. The number of nitrogens with zero attached hydrogens (tertiary/aromatic N) is 2. The first-order valence-corrected chi connectivity index (χ1v) is 4.75. The van der Waals surface area contributed by atoms with Crippen LogP contribution < -0.4 is 5.73 Å². The van der Waals surface area contributed by atoms with Crippen molar-refractivity contribution in [2.45, 2.75) is 12.6 Å². The molecule has 0 saturated heterocycles. The third-order valence-electron chi connectivity index (χ3n) is 2.23. The molecule has 0 atom stereocenters. The second-order valence-corrected chi connectivity index (χ2v) is 3.45. The van der Waals surface area contributed by atoms with Crippen LogP contribution in [0.4, 0.5) is 13.2 Å². The van der Waals surface area contributed by atoms with E-state index in [2.05, 4.69) is 4.98 Å². The first kappa shape index (κ1) is 10.9. The Morgan fingerprint density at radius 1 is 1.25 bits per heavy atom. The van der Waals surface area contributed by atoms with Crippen LogP contribution in [0.25, 0.3) is 5.65 Å². The van der Waals surface area contributed by atoms with E-state index < -0.39 is 11.7 Å². The van der Waals surface area contributed by atoms with Crippen LogP contribution in [-0.2, 0) is 12.6 Å². The Bertz CT molecular complexity index is 501. The van der Waals surface area contributed by atoms with Crippen LogP contribution in [0.3, 0.4) is 0 Å². The minimum atomic E-state index is -4.33. The van der Waals surface area contributed by atoms with Crippen molar-refractivity contribution in [3.63, 3.8) is 0 Å². The first-order chi connectivity index (χ1) is 7.50. The van der Waals surface area contributed by atoms with Gasteiger partial charge in [0.05, 0.1) is 11.3 Å². The number of pyridine rings is 1. The Morgan fingerprint density at radius 3 is 2.62 bits per heavy atom. The van der Waals surface area contributed by atoms with Crippen LogP contribution in [0.15, 0.2) is 24.5 Å². The molecule has 2 heterocycles. The number of nitrogens with two attached hydrogens (primary N) is 1. The molecule has 0 fully saturated rings. The molecular formula is C10H10F3N3. The van der Waals surface area contributed by atoms with E-state index in [1.54, 1.807) is 6.20 Å². The fourth-order valence-corrected chi connectivity index (χ4v) is 1.48. The average Bonchev–Trinajstić information content (AvgIpc) is 2.57. The molecule has 0 spiro atoms. The highest BCUT2D eigenvalue weighted by Crippen LogP contribution is 2.29. The summed E-state index contributed by atoms with van der Waals surface area (Å²) in [5.41, 5.74) is 5.86. The number of hydrogen-bond donors (Lipinski definition) is 1. The molecule has 0 saturated carbocycles. The monoisotopic (exact) mass is 229 g/mol. The lowest BCUT2D eigenvalue weighted by Crippen LogP contribution is -2.05. The van der Waals surface area contributed by atoms with Crippen LogP contribution in [0, 0.1) is 0 Å². The van der Waals surface area contributed by atoms with Gasteiger partial charge >= 0.3 is 6.18 Å². The van der Waals surface area contributed by atoms with Crippen LogP contribution in [0.5, 0.6) is 0 Å². The lowest BCUT2D eigenvalue weighted by molar-refractivity contribution is -0.137. The van der Waals surface area contributed by atoms with Gasteiger partial charge in [0.2, 0.25) is 0 Å². The topological polar surface area (TPSA) is 43.3 Å². The van der Waals surface area contributed by atoms with Crippen LogP contribution >= 0.6 is 0 Å². The van der Waals surface area contributed by atoms with Crippen molar-refractivity contribution in [3.05, 3.63) is 35.8 Å². The normalized spacial score (nSPS) is 12.2. The van der Waals surface area contributed by atoms with Gasteiger partial charge in [0.15, 0.2) is 0 Å². The molecule has 0 aromatic carbocycles. The van der Waals surface area contributed by atoms with E-state index in [0.717, 1.165) is 12.3 Å². The molecule has 16 heavy (non-hydrogen) atoms. The third-order valence-corrected chi connectivity index (χ3v) is 2.23. The number of alkyl halides is 3. The van der Waals surface area contributed by atoms with Crippen LogP contribution in [0.2, 0.25) is 0 Å². The molecular weight excluding hydrogens is 219 g/mol. The average molecular weight is 229 g/mol. The van der Waals surface area contributed by atoms with Crippen LogP contribution in [-0.4, -0.2) is 15.9 Å². The van der Waals surface area contributed by atoms with E-state index in [1.807, 2.05) is 0 Å². The summed E-state index contributed by atoms with van der Waals surface area (Å²) < 4.78 is 38.6. The van der Waals surface area contributed by atoms with E-state index in [9.17, 15) is 13.2 Å². The minimum absolute atomic E-state index is 0.427. The van der Waals surface area contributed by atoms with Gasteiger partial charge in [-0.1, -0.05) is 0 Å². The smallest absolute Gasteiger partial charge is 0.330 e. The summed E-state index contributed by atoms with van der Waals surface area (Å²) >= 11 is 0. The summed E-state index contributed by atoms with van der Waals surface area (Å²) in [7, 11) is 0. The number of halogens is 3. The van der Waals surface area contributed by atoms with Gasteiger partial charge in [-0.3, -0.25) is 0 Å². The van der Waals surface area contributed by atoms with Crippen molar-refractivity contribution in [2.75, 3.05) is 6.54 Å². The second kappa shape index (κ2) is 3.79. The van der Waals surface area contributed by atoms with Crippen molar-refractivity contribution in [3.8, 4) is 0 Å². The first-order valence-electron chi connectivity index (χ1n) is 4.75. The zero-order chi connectivity index (χ0) is 11.8. The highest BCUT2D eigenvalue weighted by Gasteiger charge is 2.30. The zero-order valence-corrected chi connectivity index (χ0v) is 8.33. The molecule has 0 aliphatic heterocycles. The lowest BCUT2D eigenvalue weighted by atomic mass is 10.3. The van der Waals surface area contributed by atoms with Crippen molar-refractivity contribution < 1.29 is 13.2 Å². The minimum Gasteiger partial charge on any atom is -0.330 e. The largest absolute Gasteiger partial charge is 0.417 e. The Kier molecular flexibility index (Phi) is 2.59. The van der Waals surface area contributed by atoms with Crippen molar-refractivity contribution in [1.82, 2.24) is 9.38 Å². The molecule has 0 aliphatic carbocycles. The van der Waals surface area contributed by atoms with Gasteiger partial charge in [-0.15, -0.1) is 0 Å². The molecule has 0 aliphatic rings. The quantitative estimate of drug-likeness (QED) is 0.854. The summed E-state index contributed by atoms with van der Waals surface area (Å²) in [6, 6.07) is 2.37. The maximum absolute atomic E-state index is 12.4. The summed E-state index contributed by atoms with van der Waals surface area (Å²) in [6.07, 6.45) is -1.17. The molecule has 0 radical (unpaired) electrons. The third kappa shape index (κ3) is 2.01. The van der Waals surface area contributed by atoms with E-state index in [-0.39, 0.29) is 0 Å². The molecule has 2 rings (SSSR count). The number of imidazole rings is 1. The Labute approximate surface area is 89.7 Å². The second-order valence-electron chi connectivity index (χ2n) is 3.45. The summed E-state index contributed by atoms with van der Waals surface area (Å²) in [5, 5.41) is 0. The predicted octanol–water partition coefficient (Wildman–Crippen LogP) is 1.85. The maximum Gasteiger partial charge on any atom is 0.417 e. The van der Waals surface area contributed by atoms with E-state index in [1.165, 1.54) is 10.5 Å². The Morgan fingerprint density at radius 2 is 2.00 bits per heavy atom. The number of fused-ring (bicyclic) bond motifs is 1. The fourth-order valence-electron chi connectivity index (χ4n) is 1.48. The predicted molar refractivity (Wildman–Crippen MR) is 53.0 cm³/mol. The number of hydrogen-bond acceptors (Lipinski definition) is 2. The highest BCUT2D eigenvalue weighted by atomic mass is 19.4. The molecule has 6 heteroatoms. The van der Waals surface area contributed by atoms with Crippen molar-refractivity contribution >= 4 is 5.65 Å². The van der Waals surface area contributed by atoms with Gasteiger partial charge in [-0.05, 0) is 18.7 Å². The SMILES string of the molecule is NCCc1cn2cc(C(F)(F)F)ccc2n1. The lowest BCUT2D eigenvalue weighted by Gasteiger charge is -2.05. The molecule has 2 aromatic heterocycles. The molecule has 0 unspecified atom stereocenters. The Hall–Kier alpha value is -1.56. The van der Waals surface area contributed by atoms with E-state index >= 15 is 0 Å². The number of aromatic nitrogens is 2. The Balaban J connectivity index is 2.46. The summed E-state index contributed by atoms with van der Waals surface area (Å²) in [6.45, 7) is 0.427. The molecule has 3 nitrogen and oxygen atoms in total. The van der Waals surface area contributed by atoms with Gasteiger partial charge in [-0.2, -0.15) is 13.2 Å². The summed E-state index contributed by atoms with van der Waals surface area (Å²) in [5.74, 6) is 0.